The van der Waals surface area contributed by atoms with E-state index in [9.17, 15) is 0 Å². The van der Waals surface area contributed by atoms with Crippen LogP contribution in [0, 0.1) is 0 Å². The predicted molar refractivity (Wildman–Crippen MR) is 243 cm³/mol. The molecule has 12 aromatic rings. The van der Waals surface area contributed by atoms with E-state index in [2.05, 4.69) is 185 Å². The van der Waals surface area contributed by atoms with Crippen LogP contribution in [-0.4, -0.2) is 29.1 Å². The fourth-order valence-corrected chi connectivity index (χ4v) is 9.84. The molecule has 0 spiro atoms. The van der Waals surface area contributed by atoms with Gasteiger partial charge in [0, 0.05) is 53.3 Å². The molecular weight excluding hydrogens is 741 g/mol. The number of fused-ring (bicyclic) bond motifs is 7. The van der Waals surface area contributed by atoms with E-state index in [-0.39, 0.29) is 0 Å². The number of thiophene rings is 1. The lowest BCUT2D eigenvalue weighted by atomic mass is 10.0. The third-order valence-electron chi connectivity index (χ3n) is 11.2. The number of para-hydroxylation sites is 4. The third-order valence-corrected chi connectivity index (χ3v) is 12.5. The van der Waals surface area contributed by atoms with Crippen LogP contribution in [0.3, 0.4) is 0 Å². The van der Waals surface area contributed by atoms with E-state index >= 15 is 0 Å². The molecule has 0 aliphatic heterocycles. The number of aromatic nitrogens is 6. The molecule has 0 aliphatic rings. The largest absolute Gasteiger partial charge is 0.292 e. The van der Waals surface area contributed by atoms with Crippen LogP contribution in [0.2, 0.25) is 0 Å². The molecular formula is C52H32N6S. The average Bonchev–Trinajstić information content (AvgIpc) is 3.99. The Labute approximate surface area is 343 Å². The molecule has 59 heavy (non-hydrogen) atoms. The van der Waals surface area contributed by atoms with Gasteiger partial charge in [-0.25, -0.2) is 9.97 Å². The van der Waals surface area contributed by atoms with Crippen LogP contribution < -0.4 is 0 Å². The second-order valence-corrected chi connectivity index (χ2v) is 15.7. The Morgan fingerprint density at radius 3 is 1.73 bits per heavy atom. The zero-order valence-corrected chi connectivity index (χ0v) is 32.4. The number of hydrogen-bond donors (Lipinski definition) is 0. The van der Waals surface area contributed by atoms with Crippen LogP contribution in [0.4, 0.5) is 0 Å². The van der Waals surface area contributed by atoms with E-state index in [1.165, 1.54) is 10.9 Å². The van der Waals surface area contributed by atoms with E-state index in [0.29, 0.717) is 17.6 Å². The zero-order valence-electron chi connectivity index (χ0n) is 31.6. The number of benzene rings is 8. The summed E-state index contributed by atoms with van der Waals surface area (Å²) >= 11 is 1.77. The van der Waals surface area contributed by atoms with E-state index in [4.69, 9.17) is 19.9 Å². The lowest BCUT2D eigenvalue weighted by Gasteiger charge is -2.11. The first-order valence-corrected chi connectivity index (χ1v) is 20.5. The van der Waals surface area contributed by atoms with Crippen molar-refractivity contribution in [2.24, 2.45) is 0 Å². The maximum absolute atomic E-state index is 5.37. The Balaban J connectivity index is 1.09. The Hall–Kier alpha value is -7.74. The fourth-order valence-electron chi connectivity index (χ4n) is 8.52. The Morgan fingerprint density at radius 1 is 0.356 bits per heavy atom. The van der Waals surface area contributed by atoms with Crippen molar-refractivity contribution in [2.45, 2.75) is 0 Å². The van der Waals surface area contributed by atoms with Gasteiger partial charge in [-0.1, -0.05) is 140 Å². The Morgan fingerprint density at radius 2 is 0.949 bits per heavy atom. The molecule has 0 amide bonds. The average molecular weight is 773 g/mol. The van der Waals surface area contributed by atoms with Gasteiger partial charge >= 0.3 is 0 Å². The van der Waals surface area contributed by atoms with Crippen LogP contribution >= 0.6 is 11.3 Å². The lowest BCUT2D eigenvalue weighted by molar-refractivity contribution is 0.954. The molecule has 4 aromatic heterocycles. The van der Waals surface area contributed by atoms with Crippen molar-refractivity contribution in [1.82, 2.24) is 29.1 Å². The standard InChI is InChI=1S/C52H32N6S/c1-4-16-33(17-5-1)35-30-31-45-42(32-35)37-22-10-12-28-44(37)58(45)52-55-49(34-18-6-2-7-19-34)54-50(56-52)40-25-14-23-38-39-24-15-26-41(48(39)59-47(38)40)51-53-43-27-11-13-29-46(43)57(51)36-20-8-3-9-21-36/h1-32H. The van der Waals surface area contributed by atoms with Crippen molar-refractivity contribution in [3.05, 3.63) is 194 Å². The predicted octanol–water partition coefficient (Wildman–Crippen LogP) is 13.3. The highest BCUT2D eigenvalue weighted by molar-refractivity contribution is 7.26. The van der Waals surface area contributed by atoms with Crippen molar-refractivity contribution < 1.29 is 0 Å². The summed E-state index contributed by atoms with van der Waals surface area (Å²) in [6.45, 7) is 0. The number of nitrogens with zero attached hydrogens (tertiary/aromatic N) is 6. The fraction of sp³-hybridized carbons (Fsp3) is 0. The van der Waals surface area contributed by atoms with Gasteiger partial charge in [-0.15, -0.1) is 11.3 Å². The molecule has 12 rings (SSSR count). The summed E-state index contributed by atoms with van der Waals surface area (Å²) in [5.74, 6) is 2.72. The van der Waals surface area contributed by atoms with Crippen LogP contribution in [0.15, 0.2) is 194 Å². The molecule has 0 N–H and O–H groups in total. The molecule has 6 nitrogen and oxygen atoms in total. The van der Waals surface area contributed by atoms with Crippen LogP contribution in [0.1, 0.15) is 0 Å². The minimum Gasteiger partial charge on any atom is -0.292 e. The summed E-state index contributed by atoms with van der Waals surface area (Å²) in [6, 6.07) is 67.8. The van der Waals surface area contributed by atoms with Gasteiger partial charge in [0.1, 0.15) is 5.82 Å². The molecule has 0 saturated heterocycles. The van der Waals surface area contributed by atoms with Gasteiger partial charge < -0.3 is 0 Å². The smallest absolute Gasteiger partial charge is 0.238 e. The summed E-state index contributed by atoms with van der Waals surface area (Å²) in [5, 5.41) is 4.61. The molecule has 0 saturated carbocycles. The molecule has 0 fully saturated rings. The zero-order chi connectivity index (χ0) is 38.9. The minimum absolute atomic E-state index is 0.572. The van der Waals surface area contributed by atoms with Gasteiger partial charge in [-0.05, 0) is 65.7 Å². The van der Waals surface area contributed by atoms with Gasteiger partial charge in [0.15, 0.2) is 11.6 Å². The highest BCUT2D eigenvalue weighted by Gasteiger charge is 2.22. The summed E-state index contributed by atoms with van der Waals surface area (Å²) in [6.07, 6.45) is 0. The van der Waals surface area contributed by atoms with Crippen LogP contribution in [0.5, 0.6) is 0 Å². The highest BCUT2D eigenvalue weighted by Crippen LogP contribution is 2.44. The Bertz CT molecular complexity index is 3550. The second kappa shape index (κ2) is 13.4. The lowest BCUT2D eigenvalue weighted by Crippen LogP contribution is -2.06. The summed E-state index contributed by atoms with van der Waals surface area (Å²) < 4.78 is 6.74. The first kappa shape index (κ1) is 33.4. The molecule has 8 aromatic carbocycles. The normalized spacial score (nSPS) is 11.7. The van der Waals surface area contributed by atoms with Gasteiger partial charge in [0.2, 0.25) is 5.95 Å². The van der Waals surface area contributed by atoms with Crippen molar-refractivity contribution in [1.29, 1.82) is 0 Å². The Kier molecular flexibility index (Phi) is 7.61. The molecule has 0 atom stereocenters. The van der Waals surface area contributed by atoms with E-state index in [1.54, 1.807) is 11.3 Å². The number of hydrogen-bond acceptors (Lipinski definition) is 5. The maximum Gasteiger partial charge on any atom is 0.238 e. The van der Waals surface area contributed by atoms with E-state index in [1.807, 2.05) is 18.2 Å². The molecule has 0 bridgehead atoms. The van der Waals surface area contributed by atoms with Gasteiger partial charge in [-0.2, -0.15) is 9.97 Å². The molecule has 4 heterocycles. The summed E-state index contributed by atoms with van der Waals surface area (Å²) in [5.41, 5.74) is 10.5. The molecule has 7 heteroatoms. The monoisotopic (exact) mass is 772 g/mol. The molecule has 0 unspecified atom stereocenters. The highest BCUT2D eigenvalue weighted by atomic mass is 32.1. The van der Waals surface area contributed by atoms with Crippen molar-refractivity contribution in [3.8, 4) is 56.9 Å². The van der Waals surface area contributed by atoms with E-state index in [0.717, 1.165) is 81.4 Å². The van der Waals surface area contributed by atoms with Crippen molar-refractivity contribution in [3.63, 3.8) is 0 Å². The SMILES string of the molecule is c1ccc(-c2ccc3c(c2)c2ccccc2n3-c2nc(-c3ccccc3)nc(-c3cccc4c3sc3c(-c5nc6ccccc6n5-c5ccccc5)cccc34)n2)cc1. The van der Waals surface area contributed by atoms with Crippen LogP contribution in [-0.2, 0) is 0 Å². The first-order valence-electron chi connectivity index (χ1n) is 19.7. The van der Waals surface area contributed by atoms with Gasteiger partial charge in [0.25, 0.3) is 0 Å². The number of imidazole rings is 1. The maximum atomic E-state index is 5.37. The molecule has 0 radical (unpaired) electrons. The van der Waals surface area contributed by atoms with E-state index < -0.39 is 0 Å². The quantitative estimate of drug-likeness (QED) is 0.169. The van der Waals surface area contributed by atoms with Crippen LogP contribution in [0.25, 0.3) is 110 Å². The third kappa shape index (κ3) is 5.40. The molecule has 0 aliphatic carbocycles. The van der Waals surface area contributed by atoms with Crippen molar-refractivity contribution >= 4 is 64.3 Å². The molecule has 276 valence electrons. The summed E-state index contributed by atoms with van der Waals surface area (Å²) in [7, 11) is 0. The van der Waals surface area contributed by atoms with Gasteiger partial charge in [0.05, 0.1) is 22.1 Å². The topological polar surface area (TPSA) is 61.4 Å². The summed E-state index contributed by atoms with van der Waals surface area (Å²) in [4.78, 5) is 21.1. The number of rotatable bonds is 6. The minimum atomic E-state index is 0.572. The van der Waals surface area contributed by atoms with Gasteiger partial charge in [-0.3, -0.25) is 9.13 Å². The second-order valence-electron chi connectivity index (χ2n) is 14.7. The first-order chi connectivity index (χ1) is 29.3. The van der Waals surface area contributed by atoms with Crippen molar-refractivity contribution in [2.75, 3.05) is 0 Å².